The van der Waals surface area contributed by atoms with E-state index in [0.29, 0.717) is 5.56 Å². The number of benzene rings is 2. The lowest BCUT2D eigenvalue weighted by atomic mass is 10.1. The first kappa shape index (κ1) is 13.5. The first-order chi connectivity index (χ1) is 9.49. The second kappa shape index (κ2) is 5.40. The van der Waals surface area contributed by atoms with Crippen LogP contribution in [-0.4, -0.2) is 15.9 Å². The number of rotatable bonds is 3. The molecule has 0 aliphatic rings. The Morgan fingerprint density at radius 2 is 1.95 bits per heavy atom. The zero-order valence-corrected chi connectivity index (χ0v) is 10.7. The molecule has 0 heterocycles. The van der Waals surface area contributed by atoms with Crippen molar-refractivity contribution in [3.8, 4) is 5.75 Å². The highest BCUT2D eigenvalue weighted by molar-refractivity contribution is 6.06. The number of hydrogen-bond donors (Lipinski definition) is 2. The van der Waals surface area contributed by atoms with Crippen LogP contribution in [0.4, 0.5) is 11.4 Å². The molecule has 0 atom stereocenters. The molecular weight excluding hydrogens is 260 g/mol. The number of nitro benzene ring substituents is 1. The topological polar surface area (TPSA) is 92.5 Å². The molecule has 0 spiro atoms. The van der Waals surface area contributed by atoms with Crippen molar-refractivity contribution in [2.75, 3.05) is 5.32 Å². The molecule has 0 aromatic heterocycles. The Bertz CT molecular complexity index is 683. The summed E-state index contributed by atoms with van der Waals surface area (Å²) < 4.78 is 0. The van der Waals surface area contributed by atoms with Crippen LogP contribution in [0.2, 0.25) is 0 Å². The maximum atomic E-state index is 12.0. The minimum atomic E-state index is -0.661. The minimum absolute atomic E-state index is 0.205. The van der Waals surface area contributed by atoms with Gasteiger partial charge in [0.05, 0.1) is 4.92 Å². The number of phenolic OH excluding ortho intramolecular Hbond substituents is 1. The van der Waals surface area contributed by atoms with Crippen LogP contribution < -0.4 is 5.32 Å². The Morgan fingerprint density at radius 1 is 1.25 bits per heavy atom. The quantitative estimate of drug-likeness (QED) is 0.510. The van der Waals surface area contributed by atoms with Crippen LogP contribution in [0.5, 0.6) is 5.75 Å². The Morgan fingerprint density at radius 3 is 2.60 bits per heavy atom. The fraction of sp³-hybridized carbons (Fsp3) is 0.0714. The van der Waals surface area contributed by atoms with E-state index in [-0.39, 0.29) is 17.1 Å². The van der Waals surface area contributed by atoms with Gasteiger partial charge in [-0.05, 0) is 25.1 Å². The molecule has 0 aliphatic carbocycles. The van der Waals surface area contributed by atoms with Gasteiger partial charge in [0, 0.05) is 11.6 Å². The van der Waals surface area contributed by atoms with E-state index in [1.165, 1.54) is 18.2 Å². The number of aromatic hydroxyl groups is 1. The number of nitrogens with one attached hydrogen (secondary N) is 1. The van der Waals surface area contributed by atoms with Crippen molar-refractivity contribution in [3.63, 3.8) is 0 Å². The van der Waals surface area contributed by atoms with Crippen molar-refractivity contribution < 1.29 is 14.8 Å². The monoisotopic (exact) mass is 272 g/mol. The van der Waals surface area contributed by atoms with E-state index in [1.807, 2.05) is 13.0 Å². The first-order valence-corrected chi connectivity index (χ1v) is 5.83. The minimum Gasteiger partial charge on any atom is -0.505 e. The van der Waals surface area contributed by atoms with Gasteiger partial charge in [0.25, 0.3) is 11.6 Å². The molecule has 2 aromatic rings. The lowest BCUT2D eigenvalue weighted by molar-refractivity contribution is -0.384. The summed E-state index contributed by atoms with van der Waals surface area (Å²) in [4.78, 5) is 22.3. The van der Waals surface area contributed by atoms with Crippen molar-refractivity contribution in [2.24, 2.45) is 0 Å². The third-order valence-corrected chi connectivity index (χ3v) is 2.74. The molecule has 0 saturated heterocycles. The normalized spacial score (nSPS) is 10.1. The SMILES string of the molecule is Cc1cccc(C(=O)Nc2c(O)cccc2[N+](=O)[O-])c1. The van der Waals surface area contributed by atoms with E-state index in [1.54, 1.807) is 18.2 Å². The predicted octanol–water partition coefficient (Wildman–Crippen LogP) is 2.86. The van der Waals surface area contributed by atoms with Gasteiger partial charge in [0.2, 0.25) is 0 Å². The van der Waals surface area contributed by atoms with Crippen LogP contribution in [0.15, 0.2) is 42.5 Å². The van der Waals surface area contributed by atoms with Gasteiger partial charge in [-0.2, -0.15) is 0 Å². The van der Waals surface area contributed by atoms with Gasteiger partial charge in [-0.1, -0.05) is 23.8 Å². The van der Waals surface area contributed by atoms with Crippen molar-refractivity contribution in [2.45, 2.75) is 6.92 Å². The number of phenols is 1. The number of amides is 1. The van der Waals surface area contributed by atoms with E-state index in [9.17, 15) is 20.0 Å². The molecule has 102 valence electrons. The van der Waals surface area contributed by atoms with Crippen LogP contribution in [0, 0.1) is 17.0 Å². The van der Waals surface area contributed by atoms with Gasteiger partial charge in [-0.3, -0.25) is 14.9 Å². The number of para-hydroxylation sites is 1. The Kier molecular flexibility index (Phi) is 3.65. The summed E-state index contributed by atoms with van der Waals surface area (Å²) in [5, 5.41) is 22.9. The van der Waals surface area contributed by atoms with E-state index >= 15 is 0 Å². The number of hydrogen-bond acceptors (Lipinski definition) is 4. The standard InChI is InChI=1S/C14H12N2O4/c1-9-4-2-5-10(8-9)14(18)15-13-11(16(19)20)6-3-7-12(13)17/h2-8,17H,1H3,(H,15,18). The van der Waals surface area contributed by atoms with Crippen LogP contribution in [0.1, 0.15) is 15.9 Å². The molecule has 0 aliphatic heterocycles. The predicted molar refractivity (Wildman–Crippen MR) is 73.9 cm³/mol. The van der Waals surface area contributed by atoms with Gasteiger partial charge in [0.1, 0.15) is 5.75 Å². The lowest BCUT2D eigenvalue weighted by Crippen LogP contribution is -2.13. The lowest BCUT2D eigenvalue weighted by Gasteiger charge is -2.08. The average Bonchev–Trinajstić information content (AvgIpc) is 2.40. The molecule has 2 aromatic carbocycles. The molecule has 0 saturated carbocycles. The number of carbonyl (C=O) groups excluding carboxylic acids is 1. The van der Waals surface area contributed by atoms with Crippen LogP contribution in [0.3, 0.4) is 0 Å². The highest BCUT2D eigenvalue weighted by Crippen LogP contribution is 2.33. The van der Waals surface area contributed by atoms with Crippen LogP contribution >= 0.6 is 0 Å². The van der Waals surface area contributed by atoms with E-state index in [2.05, 4.69) is 5.32 Å². The number of nitro groups is 1. The fourth-order valence-electron chi connectivity index (χ4n) is 1.78. The van der Waals surface area contributed by atoms with Gasteiger partial charge >= 0.3 is 0 Å². The van der Waals surface area contributed by atoms with Crippen molar-refractivity contribution in [1.82, 2.24) is 0 Å². The van der Waals surface area contributed by atoms with E-state index < -0.39 is 10.8 Å². The summed E-state index contributed by atoms with van der Waals surface area (Å²) in [7, 11) is 0. The van der Waals surface area contributed by atoms with Gasteiger partial charge in [0.15, 0.2) is 5.69 Å². The summed E-state index contributed by atoms with van der Waals surface area (Å²) >= 11 is 0. The smallest absolute Gasteiger partial charge is 0.296 e. The van der Waals surface area contributed by atoms with E-state index in [4.69, 9.17) is 0 Å². The summed E-state index contributed by atoms with van der Waals surface area (Å²) in [6.07, 6.45) is 0. The molecule has 1 amide bonds. The third kappa shape index (κ3) is 2.74. The highest BCUT2D eigenvalue weighted by Gasteiger charge is 2.20. The summed E-state index contributed by atoms with van der Waals surface area (Å²) in [5.74, 6) is -0.862. The number of aryl methyl sites for hydroxylation is 1. The molecule has 2 rings (SSSR count). The molecule has 2 N–H and O–H groups in total. The second-order valence-electron chi connectivity index (χ2n) is 4.25. The summed E-state index contributed by atoms with van der Waals surface area (Å²) in [5.41, 5.74) is 0.696. The molecule has 0 unspecified atom stereocenters. The zero-order chi connectivity index (χ0) is 14.7. The van der Waals surface area contributed by atoms with Crippen molar-refractivity contribution in [1.29, 1.82) is 0 Å². The molecule has 20 heavy (non-hydrogen) atoms. The molecule has 0 radical (unpaired) electrons. The largest absolute Gasteiger partial charge is 0.505 e. The maximum Gasteiger partial charge on any atom is 0.296 e. The van der Waals surface area contributed by atoms with Crippen LogP contribution in [-0.2, 0) is 0 Å². The van der Waals surface area contributed by atoms with Crippen molar-refractivity contribution >= 4 is 17.3 Å². The molecule has 6 nitrogen and oxygen atoms in total. The molecular formula is C14H12N2O4. The van der Waals surface area contributed by atoms with Crippen molar-refractivity contribution in [3.05, 3.63) is 63.7 Å². The van der Waals surface area contributed by atoms with Gasteiger partial charge < -0.3 is 10.4 Å². The highest BCUT2D eigenvalue weighted by atomic mass is 16.6. The second-order valence-corrected chi connectivity index (χ2v) is 4.25. The number of carbonyl (C=O) groups is 1. The fourth-order valence-corrected chi connectivity index (χ4v) is 1.78. The zero-order valence-electron chi connectivity index (χ0n) is 10.7. The Labute approximate surface area is 114 Å². The third-order valence-electron chi connectivity index (χ3n) is 2.74. The maximum absolute atomic E-state index is 12.0. The van der Waals surface area contributed by atoms with Gasteiger partial charge in [-0.15, -0.1) is 0 Å². The molecule has 6 heteroatoms. The Hall–Kier alpha value is -2.89. The summed E-state index contributed by atoms with van der Waals surface area (Å²) in [6, 6.07) is 10.6. The molecule has 0 bridgehead atoms. The van der Waals surface area contributed by atoms with Crippen LogP contribution in [0.25, 0.3) is 0 Å². The van der Waals surface area contributed by atoms with E-state index in [0.717, 1.165) is 5.56 Å². The first-order valence-electron chi connectivity index (χ1n) is 5.83. The average molecular weight is 272 g/mol. The molecule has 0 fully saturated rings. The Balaban J connectivity index is 2.35. The number of nitrogens with zero attached hydrogens (tertiary/aromatic N) is 1. The number of anilines is 1. The summed E-state index contributed by atoms with van der Waals surface area (Å²) in [6.45, 7) is 1.83. The van der Waals surface area contributed by atoms with Gasteiger partial charge in [-0.25, -0.2) is 0 Å².